The van der Waals surface area contributed by atoms with E-state index in [0.717, 1.165) is 22.0 Å². The lowest BCUT2D eigenvalue weighted by atomic mass is 10.1. The number of benzene rings is 2. The molecule has 0 aliphatic carbocycles. The topological polar surface area (TPSA) is 63.4 Å². The zero-order chi connectivity index (χ0) is 18.7. The number of amides is 1. The van der Waals surface area contributed by atoms with Crippen molar-refractivity contribution in [3.8, 4) is 5.75 Å². The number of nitrogens with one attached hydrogen (secondary N) is 2. The molecule has 1 aromatic heterocycles. The molecule has 0 bridgehead atoms. The van der Waals surface area contributed by atoms with Crippen molar-refractivity contribution >= 4 is 34.1 Å². The van der Waals surface area contributed by atoms with Crippen molar-refractivity contribution in [3.63, 3.8) is 0 Å². The maximum Gasteiger partial charge on any atom is 0.272 e. The van der Waals surface area contributed by atoms with E-state index >= 15 is 0 Å². The molecule has 0 fully saturated rings. The fourth-order valence-electron chi connectivity index (χ4n) is 2.89. The largest absolute Gasteiger partial charge is 0.487 e. The molecular formula is C20H21ClN2O3. The van der Waals surface area contributed by atoms with E-state index in [-0.39, 0.29) is 5.91 Å². The molecule has 1 heterocycles. The van der Waals surface area contributed by atoms with Gasteiger partial charge >= 0.3 is 0 Å². The number of rotatable bonds is 6. The number of hydrogen-bond acceptors (Lipinski definition) is 3. The summed E-state index contributed by atoms with van der Waals surface area (Å²) in [7, 11) is 1.60. The minimum atomic E-state index is -0.253. The van der Waals surface area contributed by atoms with Gasteiger partial charge in [0.1, 0.15) is 12.3 Å². The molecule has 26 heavy (non-hydrogen) atoms. The first-order chi connectivity index (χ1) is 12.5. The molecule has 3 rings (SSSR count). The maximum atomic E-state index is 12.7. The van der Waals surface area contributed by atoms with Crippen LogP contribution in [-0.2, 0) is 4.74 Å². The number of ether oxygens (including phenoxy) is 2. The van der Waals surface area contributed by atoms with Gasteiger partial charge in [0.25, 0.3) is 5.91 Å². The van der Waals surface area contributed by atoms with E-state index in [0.29, 0.717) is 35.4 Å². The summed E-state index contributed by atoms with van der Waals surface area (Å²) in [5.74, 6) is 0.180. The molecule has 0 aliphatic heterocycles. The van der Waals surface area contributed by atoms with Gasteiger partial charge in [-0.15, -0.1) is 0 Å². The Labute approximate surface area is 157 Å². The molecule has 0 atom stereocenters. The molecule has 5 nitrogen and oxygen atoms in total. The lowest BCUT2D eigenvalue weighted by Gasteiger charge is -2.13. The number of carbonyl (C=O) groups excluding carboxylic acids is 1. The van der Waals surface area contributed by atoms with Crippen molar-refractivity contribution in [1.82, 2.24) is 4.98 Å². The lowest BCUT2D eigenvalue weighted by molar-refractivity contribution is 0.102. The van der Waals surface area contributed by atoms with E-state index in [4.69, 9.17) is 21.1 Å². The molecule has 3 aromatic rings. The molecule has 0 saturated carbocycles. The van der Waals surface area contributed by atoms with Crippen LogP contribution in [0.4, 0.5) is 5.69 Å². The summed E-state index contributed by atoms with van der Waals surface area (Å²) in [6, 6.07) is 11.2. The van der Waals surface area contributed by atoms with Crippen LogP contribution in [0, 0.1) is 13.8 Å². The Bertz CT molecular complexity index is 950. The summed E-state index contributed by atoms with van der Waals surface area (Å²) in [5.41, 5.74) is 4.21. The smallest absolute Gasteiger partial charge is 0.272 e. The number of anilines is 1. The second-order valence-corrected chi connectivity index (χ2v) is 6.55. The van der Waals surface area contributed by atoms with Crippen molar-refractivity contribution in [2.24, 2.45) is 0 Å². The summed E-state index contributed by atoms with van der Waals surface area (Å²) >= 11 is 6.22. The van der Waals surface area contributed by atoms with Gasteiger partial charge < -0.3 is 19.8 Å². The Kier molecular flexibility index (Phi) is 5.49. The first-order valence-corrected chi connectivity index (χ1v) is 8.69. The van der Waals surface area contributed by atoms with E-state index in [1.54, 1.807) is 25.3 Å². The Morgan fingerprint density at radius 1 is 1.19 bits per heavy atom. The standard InChI is InChI=1S/C20H21ClN2O3/c1-12-9-13(2)14-11-18(22-17(14)10-12)20(24)23-16-6-4-5-15(21)19(16)26-8-7-25-3/h4-6,9-11,22H,7-8H2,1-3H3,(H,23,24). The van der Waals surface area contributed by atoms with Gasteiger partial charge in [0.15, 0.2) is 5.75 Å². The van der Waals surface area contributed by atoms with Gasteiger partial charge in [0.05, 0.1) is 17.3 Å². The summed E-state index contributed by atoms with van der Waals surface area (Å²) in [6.45, 7) is 4.83. The van der Waals surface area contributed by atoms with Crippen molar-refractivity contribution in [2.75, 3.05) is 25.6 Å². The van der Waals surface area contributed by atoms with E-state index in [1.165, 1.54) is 0 Å². The fraction of sp³-hybridized carbons (Fsp3) is 0.250. The minimum absolute atomic E-state index is 0.253. The predicted octanol–water partition coefficient (Wildman–Crippen LogP) is 4.72. The van der Waals surface area contributed by atoms with Crippen LogP contribution in [0.3, 0.4) is 0 Å². The van der Waals surface area contributed by atoms with Crippen molar-refractivity contribution < 1.29 is 14.3 Å². The molecule has 6 heteroatoms. The van der Waals surface area contributed by atoms with Gasteiger partial charge in [-0.05, 0) is 49.2 Å². The van der Waals surface area contributed by atoms with Gasteiger partial charge in [-0.25, -0.2) is 0 Å². The maximum absolute atomic E-state index is 12.7. The van der Waals surface area contributed by atoms with Crippen LogP contribution < -0.4 is 10.1 Å². The first kappa shape index (κ1) is 18.3. The van der Waals surface area contributed by atoms with Crippen LogP contribution in [-0.4, -0.2) is 31.2 Å². The Morgan fingerprint density at radius 3 is 2.77 bits per heavy atom. The van der Waals surface area contributed by atoms with Crippen molar-refractivity contribution in [1.29, 1.82) is 0 Å². The molecular weight excluding hydrogens is 352 g/mol. The highest BCUT2D eigenvalue weighted by Gasteiger charge is 2.15. The zero-order valence-corrected chi connectivity index (χ0v) is 15.7. The van der Waals surface area contributed by atoms with E-state index in [9.17, 15) is 4.79 Å². The second-order valence-electron chi connectivity index (χ2n) is 6.14. The molecule has 0 spiro atoms. The summed E-state index contributed by atoms with van der Waals surface area (Å²) in [5, 5.41) is 4.33. The molecule has 0 radical (unpaired) electrons. The fourth-order valence-corrected chi connectivity index (χ4v) is 3.12. The number of H-pyrrole nitrogens is 1. The number of halogens is 1. The van der Waals surface area contributed by atoms with Crippen LogP contribution in [0.5, 0.6) is 5.75 Å². The lowest BCUT2D eigenvalue weighted by Crippen LogP contribution is -2.14. The Balaban J connectivity index is 1.86. The third-order valence-corrected chi connectivity index (χ3v) is 4.38. The molecule has 2 aromatic carbocycles. The molecule has 1 amide bonds. The average molecular weight is 373 g/mol. The van der Waals surface area contributed by atoms with E-state index < -0.39 is 0 Å². The number of methoxy groups -OCH3 is 1. The van der Waals surface area contributed by atoms with E-state index in [1.807, 2.05) is 26.0 Å². The van der Waals surface area contributed by atoms with Crippen LogP contribution in [0.15, 0.2) is 36.4 Å². The quantitative estimate of drug-likeness (QED) is 0.615. The number of hydrogen-bond donors (Lipinski definition) is 2. The van der Waals surface area contributed by atoms with Crippen LogP contribution in [0.25, 0.3) is 10.9 Å². The molecule has 0 unspecified atom stereocenters. The first-order valence-electron chi connectivity index (χ1n) is 8.31. The third kappa shape index (κ3) is 3.84. The minimum Gasteiger partial charge on any atom is -0.487 e. The van der Waals surface area contributed by atoms with Crippen LogP contribution in [0.2, 0.25) is 5.02 Å². The van der Waals surface area contributed by atoms with Gasteiger partial charge in [-0.1, -0.05) is 23.7 Å². The molecule has 136 valence electrons. The molecule has 0 aliphatic rings. The van der Waals surface area contributed by atoms with Crippen molar-refractivity contribution in [3.05, 3.63) is 58.2 Å². The highest BCUT2D eigenvalue weighted by molar-refractivity contribution is 6.32. The van der Waals surface area contributed by atoms with Gasteiger partial charge in [-0.3, -0.25) is 4.79 Å². The number of carbonyl (C=O) groups is 1. The second kappa shape index (κ2) is 7.81. The van der Waals surface area contributed by atoms with Gasteiger partial charge in [-0.2, -0.15) is 0 Å². The van der Waals surface area contributed by atoms with Crippen LogP contribution in [0.1, 0.15) is 21.6 Å². The average Bonchev–Trinajstić information content (AvgIpc) is 3.02. The zero-order valence-electron chi connectivity index (χ0n) is 15.0. The molecule has 2 N–H and O–H groups in total. The SMILES string of the molecule is COCCOc1c(Cl)cccc1NC(=O)c1cc2c(C)cc(C)cc2[nH]1. The highest BCUT2D eigenvalue weighted by Crippen LogP contribution is 2.33. The third-order valence-electron chi connectivity index (χ3n) is 4.08. The van der Waals surface area contributed by atoms with Gasteiger partial charge in [0, 0.05) is 18.0 Å². The van der Waals surface area contributed by atoms with Crippen molar-refractivity contribution in [2.45, 2.75) is 13.8 Å². The normalized spacial score (nSPS) is 10.9. The summed E-state index contributed by atoms with van der Waals surface area (Å²) in [6.07, 6.45) is 0. The molecule has 0 saturated heterocycles. The van der Waals surface area contributed by atoms with Gasteiger partial charge in [0.2, 0.25) is 0 Å². The Hall–Kier alpha value is -2.50. The highest BCUT2D eigenvalue weighted by atomic mass is 35.5. The number of aryl methyl sites for hydroxylation is 2. The number of aromatic nitrogens is 1. The number of fused-ring (bicyclic) bond motifs is 1. The Morgan fingerprint density at radius 2 is 2.00 bits per heavy atom. The summed E-state index contributed by atoms with van der Waals surface area (Å²) < 4.78 is 10.6. The predicted molar refractivity (Wildman–Crippen MR) is 105 cm³/mol. The number of aromatic amines is 1. The monoisotopic (exact) mass is 372 g/mol. The van der Waals surface area contributed by atoms with Crippen LogP contribution >= 0.6 is 11.6 Å². The van der Waals surface area contributed by atoms with E-state index in [2.05, 4.69) is 16.4 Å². The number of para-hydroxylation sites is 1. The summed E-state index contributed by atoms with van der Waals surface area (Å²) in [4.78, 5) is 15.9.